The van der Waals surface area contributed by atoms with Crippen molar-refractivity contribution in [3.8, 4) is 0 Å². The van der Waals surface area contributed by atoms with E-state index in [1.54, 1.807) is 11.0 Å². The average Bonchev–Trinajstić information content (AvgIpc) is 2.18. The number of hydrogen-bond acceptors (Lipinski definition) is 3. The highest BCUT2D eigenvalue weighted by molar-refractivity contribution is 5.75. The van der Waals surface area contributed by atoms with Crippen LogP contribution in [0, 0.1) is 0 Å². The molecule has 5 nitrogen and oxygen atoms in total. The summed E-state index contributed by atoms with van der Waals surface area (Å²) in [6, 6.07) is 5.41. The first kappa shape index (κ1) is 10.6. The summed E-state index contributed by atoms with van der Waals surface area (Å²) in [4.78, 5) is 13.3. The van der Waals surface area contributed by atoms with Gasteiger partial charge >= 0.3 is 6.03 Å². The van der Waals surface area contributed by atoms with Crippen LogP contribution in [-0.2, 0) is 6.54 Å². The molecule has 0 saturated carbocycles. The number of carbonyl (C=O) groups is 1. The summed E-state index contributed by atoms with van der Waals surface area (Å²) in [6.07, 6.45) is 1.09. The van der Waals surface area contributed by atoms with Crippen molar-refractivity contribution < 1.29 is 4.79 Å². The zero-order valence-corrected chi connectivity index (χ0v) is 9.07. The van der Waals surface area contributed by atoms with Gasteiger partial charge < -0.3 is 21.7 Å². The maximum atomic E-state index is 11.5. The normalized spacial score (nSPS) is 14.4. The number of nitrogen functional groups attached to an aromatic ring is 2. The van der Waals surface area contributed by atoms with E-state index in [0.717, 1.165) is 25.1 Å². The van der Waals surface area contributed by atoms with Gasteiger partial charge in [0.2, 0.25) is 0 Å². The van der Waals surface area contributed by atoms with Crippen molar-refractivity contribution in [2.24, 2.45) is 0 Å². The zero-order chi connectivity index (χ0) is 11.5. The molecule has 1 aliphatic heterocycles. The number of anilines is 2. The molecule has 0 bridgehead atoms. The molecule has 0 spiro atoms. The second-order valence-electron chi connectivity index (χ2n) is 3.92. The number of para-hydroxylation sites is 1. The van der Waals surface area contributed by atoms with Gasteiger partial charge in [0, 0.05) is 19.6 Å². The number of amides is 2. The highest BCUT2D eigenvalue weighted by atomic mass is 16.2. The van der Waals surface area contributed by atoms with Crippen molar-refractivity contribution in [1.82, 2.24) is 10.2 Å². The van der Waals surface area contributed by atoms with Gasteiger partial charge in [-0.3, -0.25) is 0 Å². The summed E-state index contributed by atoms with van der Waals surface area (Å²) in [5, 5.41) is 2.82. The number of nitrogens with two attached hydrogens (primary N) is 2. The van der Waals surface area contributed by atoms with Crippen molar-refractivity contribution >= 4 is 17.4 Å². The Kier molecular flexibility index (Phi) is 2.85. The van der Waals surface area contributed by atoms with Crippen LogP contribution in [0.1, 0.15) is 12.0 Å². The van der Waals surface area contributed by atoms with Crippen LogP contribution >= 0.6 is 0 Å². The monoisotopic (exact) mass is 220 g/mol. The molecule has 1 saturated heterocycles. The molecule has 0 aliphatic carbocycles. The van der Waals surface area contributed by atoms with Gasteiger partial charge in [-0.25, -0.2) is 4.79 Å². The van der Waals surface area contributed by atoms with Crippen LogP contribution in [0.25, 0.3) is 0 Å². The Labute approximate surface area is 94.4 Å². The van der Waals surface area contributed by atoms with Crippen LogP contribution < -0.4 is 16.8 Å². The molecule has 1 fully saturated rings. The Bertz CT molecular complexity index is 401. The molecule has 2 amide bonds. The van der Waals surface area contributed by atoms with Crippen molar-refractivity contribution in [3.05, 3.63) is 23.8 Å². The minimum absolute atomic E-state index is 0.0342. The van der Waals surface area contributed by atoms with Crippen LogP contribution in [0.5, 0.6) is 0 Å². The number of nitrogens with one attached hydrogen (secondary N) is 1. The highest BCUT2D eigenvalue weighted by Crippen LogP contribution is 2.19. The van der Waals surface area contributed by atoms with Gasteiger partial charge in [-0.05, 0) is 18.1 Å². The summed E-state index contributed by atoms with van der Waals surface area (Å²) in [7, 11) is 0. The molecule has 86 valence electrons. The predicted molar refractivity (Wildman–Crippen MR) is 63.7 cm³/mol. The van der Waals surface area contributed by atoms with Crippen LogP contribution in [0.4, 0.5) is 16.2 Å². The number of urea groups is 1. The lowest BCUT2D eigenvalue weighted by molar-refractivity contribution is 0.167. The molecule has 0 aromatic heterocycles. The van der Waals surface area contributed by atoms with E-state index in [-0.39, 0.29) is 6.03 Å². The smallest absolute Gasteiger partial charge is 0.317 e. The lowest BCUT2D eigenvalue weighted by atomic mass is 10.1. The Morgan fingerprint density at radius 2 is 2.12 bits per heavy atom. The van der Waals surface area contributed by atoms with Gasteiger partial charge in [-0.15, -0.1) is 0 Å². The van der Waals surface area contributed by atoms with Gasteiger partial charge in [-0.2, -0.15) is 0 Å². The number of nitrogens with zero attached hydrogens (tertiary/aromatic N) is 1. The van der Waals surface area contributed by atoms with Crippen molar-refractivity contribution in [1.29, 1.82) is 0 Å². The number of likely N-dealkylation sites (tertiary alicyclic amines) is 1. The van der Waals surface area contributed by atoms with Crippen LogP contribution in [0.2, 0.25) is 0 Å². The van der Waals surface area contributed by atoms with Crippen LogP contribution in [0.15, 0.2) is 18.2 Å². The summed E-state index contributed by atoms with van der Waals surface area (Å²) in [5.74, 6) is 0. The molecule has 1 aromatic carbocycles. The van der Waals surface area contributed by atoms with Gasteiger partial charge in [0.05, 0.1) is 11.4 Å². The van der Waals surface area contributed by atoms with Gasteiger partial charge in [0.1, 0.15) is 0 Å². The molecule has 5 heteroatoms. The molecule has 0 unspecified atom stereocenters. The highest BCUT2D eigenvalue weighted by Gasteiger charge is 2.19. The van der Waals surface area contributed by atoms with Crippen LogP contribution in [-0.4, -0.2) is 24.0 Å². The third kappa shape index (κ3) is 2.03. The summed E-state index contributed by atoms with van der Waals surface area (Å²) in [6.45, 7) is 2.11. The topological polar surface area (TPSA) is 84.4 Å². The molecule has 1 aromatic rings. The van der Waals surface area contributed by atoms with E-state index >= 15 is 0 Å². The molecule has 2 rings (SSSR count). The molecule has 16 heavy (non-hydrogen) atoms. The lowest BCUT2D eigenvalue weighted by Crippen LogP contribution is -2.47. The number of carbonyl (C=O) groups excluding carboxylic acids is 1. The van der Waals surface area contributed by atoms with E-state index in [0.29, 0.717) is 17.9 Å². The quantitative estimate of drug-likeness (QED) is 0.643. The van der Waals surface area contributed by atoms with E-state index in [9.17, 15) is 4.79 Å². The first-order valence-electron chi connectivity index (χ1n) is 5.34. The van der Waals surface area contributed by atoms with Gasteiger partial charge in [-0.1, -0.05) is 12.1 Å². The standard InChI is InChI=1S/C11H16N4O/c12-9-4-1-3-8(10(9)13)7-14-11(16)15-5-2-6-15/h1,3-4H,2,5-7,12-13H2,(H,14,16). The number of hydrogen-bond donors (Lipinski definition) is 3. The van der Waals surface area contributed by atoms with Gasteiger partial charge in [0.25, 0.3) is 0 Å². The summed E-state index contributed by atoms with van der Waals surface area (Å²) in [5.41, 5.74) is 13.4. The third-order valence-corrected chi connectivity index (χ3v) is 2.80. The first-order valence-corrected chi connectivity index (χ1v) is 5.34. The van der Waals surface area contributed by atoms with Gasteiger partial charge in [0.15, 0.2) is 0 Å². The largest absolute Gasteiger partial charge is 0.397 e. The van der Waals surface area contributed by atoms with Crippen molar-refractivity contribution in [2.45, 2.75) is 13.0 Å². The zero-order valence-electron chi connectivity index (χ0n) is 9.07. The fraction of sp³-hybridized carbons (Fsp3) is 0.364. The average molecular weight is 220 g/mol. The second-order valence-corrected chi connectivity index (χ2v) is 3.92. The summed E-state index contributed by atoms with van der Waals surface area (Å²) < 4.78 is 0. The molecular weight excluding hydrogens is 204 g/mol. The fourth-order valence-electron chi connectivity index (χ4n) is 1.59. The molecule has 0 atom stereocenters. The van der Waals surface area contributed by atoms with E-state index < -0.39 is 0 Å². The van der Waals surface area contributed by atoms with E-state index in [4.69, 9.17) is 11.5 Å². The maximum absolute atomic E-state index is 11.5. The SMILES string of the molecule is Nc1cccc(CNC(=O)N2CCC2)c1N. The Balaban J connectivity index is 1.93. The predicted octanol–water partition coefficient (Wildman–Crippen LogP) is 0.766. The fourth-order valence-corrected chi connectivity index (χ4v) is 1.59. The third-order valence-electron chi connectivity index (χ3n) is 2.80. The molecule has 5 N–H and O–H groups in total. The Morgan fingerprint density at radius 1 is 1.38 bits per heavy atom. The molecule has 1 aliphatic rings. The minimum Gasteiger partial charge on any atom is -0.397 e. The molecular formula is C11H16N4O. The molecule has 1 heterocycles. The minimum atomic E-state index is -0.0342. The van der Waals surface area contributed by atoms with Crippen molar-refractivity contribution in [2.75, 3.05) is 24.6 Å². The second kappa shape index (κ2) is 4.30. The first-order chi connectivity index (χ1) is 7.68. The lowest BCUT2D eigenvalue weighted by Gasteiger charge is -2.30. The maximum Gasteiger partial charge on any atom is 0.317 e. The Morgan fingerprint density at radius 3 is 2.75 bits per heavy atom. The van der Waals surface area contributed by atoms with Crippen LogP contribution in [0.3, 0.4) is 0 Å². The van der Waals surface area contributed by atoms with E-state index in [2.05, 4.69) is 5.32 Å². The number of benzene rings is 1. The Hall–Kier alpha value is -1.91. The van der Waals surface area contributed by atoms with E-state index in [1.807, 2.05) is 12.1 Å². The van der Waals surface area contributed by atoms with E-state index in [1.165, 1.54) is 0 Å². The van der Waals surface area contributed by atoms with Crippen molar-refractivity contribution in [3.63, 3.8) is 0 Å². The summed E-state index contributed by atoms with van der Waals surface area (Å²) >= 11 is 0. The number of rotatable bonds is 2. The molecule has 0 radical (unpaired) electrons.